The number of ether oxygens (including phenoxy) is 3. The Hall–Kier alpha value is -1.99. The third-order valence-corrected chi connectivity index (χ3v) is 5.79. The van der Waals surface area contributed by atoms with Gasteiger partial charge in [-0.1, -0.05) is 25.3 Å². The zero-order valence-corrected chi connectivity index (χ0v) is 19.6. The average Bonchev–Trinajstić information content (AvgIpc) is 2.80. The van der Waals surface area contributed by atoms with E-state index in [4.69, 9.17) is 25.8 Å². The number of alkyl halides is 1. The molecule has 0 heterocycles. The van der Waals surface area contributed by atoms with E-state index in [1.807, 2.05) is 6.92 Å². The van der Waals surface area contributed by atoms with E-state index in [1.165, 1.54) is 6.42 Å². The van der Waals surface area contributed by atoms with Gasteiger partial charge in [0.1, 0.15) is 11.9 Å². The van der Waals surface area contributed by atoms with Gasteiger partial charge in [-0.05, 0) is 43.9 Å². The summed E-state index contributed by atoms with van der Waals surface area (Å²) in [5.74, 6) is 0.368. The van der Waals surface area contributed by atoms with Gasteiger partial charge in [0.25, 0.3) is 0 Å². The van der Waals surface area contributed by atoms with Crippen LogP contribution in [0, 0.1) is 0 Å². The van der Waals surface area contributed by atoms with Crippen molar-refractivity contribution in [2.45, 2.75) is 57.5 Å². The molecule has 1 aliphatic carbocycles. The number of nitrogens with one attached hydrogen (secondary N) is 1. The number of nitrogens with zero attached hydrogens (tertiary/aromatic N) is 1. The molecule has 0 saturated heterocycles. The minimum absolute atomic E-state index is 0.125. The largest absolute Gasteiger partial charge is 0.493 e. The second-order valence-electron chi connectivity index (χ2n) is 7.63. The topological polar surface area (TPSA) is 77.1 Å². The molecule has 2 rings (SSSR count). The molecule has 0 bridgehead atoms. The molecule has 0 spiro atoms. The summed E-state index contributed by atoms with van der Waals surface area (Å²) in [5, 5.41) is 3.17. The molecule has 1 fully saturated rings. The standard InChI is InChI=1S/C23H35ClN2O5/c1-4-31-14-8-13-26(21(27)16-24)22(23(28)25-18-9-6-5-7-10-18)17-11-12-19(29-2)20(15-17)30-3/h11-12,15,18,22H,4-10,13-14,16H2,1-3H3,(H,25,28). The average molecular weight is 455 g/mol. The number of methoxy groups -OCH3 is 2. The Labute approximate surface area is 190 Å². The number of carbonyl (C=O) groups excluding carboxylic acids is 2. The maximum absolute atomic E-state index is 13.5. The zero-order chi connectivity index (χ0) is 22.6. The van der Waals surface area contributed by atoms with Crippen LogP contribution in [0.5, 0.6) is 11.5 Å². The van der Waals surface area contributed by atoms with Gasteiger partial charge in [-0.15, -0.1) is 11.6 Å². The number of amides is 2. The van der Waals surface area contributed by atoms with Crippen molar-refractivity contribution in [3.63, 3.8) is 0 Å². The molecule has 1 aromatic carbocycles. The first-order valence-corrected chi connectivity index (χ1v) is 11.5. The first-order valence-electron chi connectivity index (χ1n) is 11.0. The van der Waals surface area contributed by atoms with E-state index >= 15 is 0 Å². The number of carbonyl (C=O) groups is 2. The highest BCUT2D eigenvalue weighted by Crippen LogP contribution is 2.33. The summed E-state index contributed by atoms with van der Waals surface area (Å²) in [6, 6.07) is 4.61. The Bertz CT molecular complexity index is 709. The Morgan fingerprint density at radius 3 is 2.48 bits per heavy atom. The third-order valence-electron chi connectivity index (χ3n) is 5.56. The van der Waals surface area contributed by atoms with Crippen molar-refractivity contribution >= 4 is 23.4 Å². The van der Waals surface area contributed by atoms with Gasteiger partial charge in [0.15, 0.2) is 11.5 Å². The first kappa shape index (κ1) is 25.3. The number of hydrogen-bond donors (Lipinski definition) is 1. The first-order chi connectivity index (χ1) is 15.0. The van der Waals surface area contributed by atoms with E-state index < -0.39 is 6.04 Å². The van der Waals surface area contributed by atoms with Gasteiger partial charge in [0, 0.05) is 25.8 Å². The second kappa shape index (κ2) is 13.4. The van der Waals surface area contributed by atoms with Crippen molar-refractivity contribution in [1.29, 1.82) is 0 Å². The molecular weight excluding hydrogens is 420 g/mol. The minimum atomic E-state index is -0.811. The van der Waals surface area contributed by atoms with Crippen LogP contribution in [0.4, 0.5) is 0 Å². The van der Waals surface area contributed by atoms with Crippen LogP contribution >= 0.6 is 11.6 Å². The molecule has 2 amide bonds. The highest BCUT2D eigenvalue weighted by molar-refractivity contribution is 6.27. The van der Waals surface area contributed by atoms with Crippen LogP contribution in [0.25, 0.3) is 0 Å². The van der Waals surface area contributed by atoms with E-state index in [0.717, 1.165) is 25.7 Å². The maximum atomic E-state index is 13.5. The molecule has 1 aromatic rings. The Kier molecular flexibility index (Phi) is 10.9. The molecule has 8 heteroatoms. The fourth-order valence-corrected chi connectivity index (χ4v) is 4.13. The van der Waals surface area contributed by atoms with Gasteiger partial charge >= 0.3 is 0 Å². The van der Waals surface area contributed by atoms with E-state index in [2.05, 4.69) is 5.32 Å². The van der Waals surface area contributed by atoms with Crippen molar-refractivity contribution in [2.75, 3.05) is 39.9 Å². The molecule has 1 aliphatic rings. The number of benzene rings is 1. The molecule has 1 N–H and O–H groups in total. The molecule has 1 unspecified atom stereocenters. The molecular formula is C23H35ClN2O5. The summed E-state index contributed by atoms with van der Waals surface area (Å²) in [6.07, 6.45) is 5.92. The molecule has 0 aromatic heterocycles. The van der Waals surface area contributed by atoms with Crippen LogP contribution in [-0.2, 0) is 14.3 Å². The smallest absolute Gasteiger partial charge is 0.247 e. The van der Waals surface area contributed by atoms with E-state index in [1.54, 1.807) is 37.3 Å². The van der Waals surface area contributed by atoms with Gasteiger partial charge in [0.05, 0.1) is 14.2 Å². The van der Waals surface area contributed by atoms with Gasteiger partial charge in [-0.3, -0.25) is 9.59 Å². The van der Waals surface area contributed by atoms with Gasteiger partial charge < -0.3 is 24.4 Å². The summed E-state index contributed by atoms with van der Waals surface area (Å²) in [4.78, 5) is 27.8. The fraction of sp³-hybridized carbons (Fsp3) is 0.652. The molecule has 0 radical (unpaired) electrons. The van der Waals surface area contributed by atoms with Crippen molar-refractivity contribution in [3.05, 3.63) is 23.8 Å². The molecule has 31 heavy (non-hydrogen) atoms. The van der Waals surface area contributed by atoms with Gasteiger partial charge in [-0.2, -0.15) is 0 Å². The lowest BCUT2D eigenvalue weighted by Gasteiger charge is -2.33. The summed E-state index contributed by atoms with van der Waals surface area (Å²) in [6.45, 7) is 3.39. The SMILES string of the molecule is CCOCCCN(C(=O)CCl)C(C(=O)NC1CCCCC1)c1ccc(OC)c(OC)c1. The fourth-order valence-electron chi connectivity index (χ4n) is 3.98. The van der Waals surface area contributed by atoms with Crippen LogP contribution < -0.4 is 14.8 Å². The van der Waals surface area contributed by atoms with E-state index in [0.29, 0.717) is 43.2 Å². The Morgan fingerprint density at radius 1 is 1.16 bits per heavy atom. The minimum Gasteiger partial charge on any atom is -0.493 e. The molecule has 174 valence electrons. The van der Waals surface area contributed by atoms with Gasteiger partial charge in [0.2, 0.25) is 11.8 Å². The second-order valence-corrected chi connectivity index (χ2v) is 7.90. The van der Waals surface area contributed by atoms with Crippen LogP contribution in [0.15, 0.2) is 18.2 Å². The third kappa shape index (κ3) is 7.28. The van der Waals surface area contributed by atoms with Crippen LogP contribution in [-0.4, -0.2) is 62.6 Å². The Balaban J connectivity index is 2.35. The van der Waals surface area contributed by atoms with Crippen LogP contribution in [0.1, 0.15) is 57.1 Å². The Morgan fingerprint density at radius 2 is 1.87 bits per heavy atom. The maximum Gasteiger partial charge on any atom is 0.247 e. The normalized spacial score (nSPS) is 15.2. The summed E-state index contributed by atoms with van der Waals surface area (Å²) in [5.41, 5.74) is 0.654. The number of hydrogen-bond acceptors (Lipinski definition) is 5. The van der Waals surface area contributed by atoms with Crippen molar-refractivity contribution < 1.29 is 23.8 Å². The highest BCUT2D eigenvalue weighted by atomic mass is 35.5. The van der Waals surface area contributed by atoms with Crippen molar-refractivity contribution in [2.24, 2.45) is 0 Å². The lowest BCUT2D eigenvalue weighted by atomic mass is 9.94. The lowest BCUT2D eigenvalue weighted by Crippen LogP contribution is -2.48. The van der Waals surface area contributed by atoms with Crippen LogP contribution in [0.2, 0.25) is 0 Å². The summed E-state index contributed by atoms with van der Waals surface area (Å²) >= 11 is 5.92. The predicted molar refractivity (Wildman–Crippen MR) is 121 cm³/mol. The van der Waals surface area contributed by atoms with Crippen molar-refractivity contribution in [3.8, 4) is 11.5 Å². The highest BCUT2D eigenvalue weighted by Gasteiger charge is 2.33. The van der Waals surface area contributed by atoms with E-state index in [-0.39, 0.29) is 23.7 Å². The predicted octanol–water partition coefficient (Wildman–Crippen LogP) is 3.69. The van der Waals surface area contributed by atoms with Crippen molar-refractivity contribution in [1.82, 2.24) is 10.2 Å². The lowest BCUT2D eigenvalue weighted by molar-refractivity contribution is -0.139. The van der Waals surface area contributed by atoms with E-state index in [9.17, 15) is 9.59 Å². The quantitative estimate of drug-likeness (QED) is 0.385. The summed E-state index contributed by atoms with van der Waals surface area (Å²) in [7, 11) is 3.10. The molecule has 1 atom stereocenters. The van der Waals surface area contributed by atoms with Gasteiger partial charge in [-0.25, -0.2) is 0 Å². The zero-order valence-electron chi connectivity index (χ0n) is 18.8. The number of rotatable bonds is 12. The molecule has 1 saturated carbocycles. The molecule has 0 aliphatic heterocycles. The number of halogens is 1. The molecule has 7 nitrogen and oxygen atoms in total. The van der Waals surface area contributed by atoms with Crippen LogP contribution in [0.3, 0.4) is 0 Å². The monoisotopic (exact) mass is 454 g/mol. The summed E-state index contributed by atoms with van der Waals surface area (Å²) < 4.78 is 16.2.